The second kappa shape index (κ2) is 12.1. The standard InChI is InChI=1S/C28H40N6S/c1-5-32(6-2)11-7-8-25(35)17-23-9-10-27-26(18-23)21(3)16-28(30-27)34-14-12-33(13-15-34)20-24-19-29-31-22(24)4/h9-10,16,18-19H,5-8,11-15,17,20H2,1-4H3,(H,29,31). The number of fused-ring (bicyclic) bond motifs is 1. The Balaban J connectivity index is 1.35. The molecule has 1 fully saturated rings. The van der Waals surface area contributed by atoms with E-state index in [1.54, 1.807) is 0 Å². The van der Waals surface area contributed by atoms with Crippen LogP contribution < -0.4 is 4.90 Å². The number of H-pyrrole nitrogens is 1. The van der Waals surface area contributed by atoms with E-state index < -0.39 is 0 Å². The third-order valence-electron chi connectivity index (χ3n) is 7.32. The summed E-state index contributed by atoms with van der Waals surface area (Å²) in [6, 6.07) is 8.94. The van der Waals surface area contributed by atoms with Gasteiger partial charge in [-0.25, -0.2) is 4.98 Å². The number of benzene rings is 1. The fourth-order valence-corrected chi connectivity index (χ4v) is 5.27. The van der Waals surface area contributed by atoms with Gasteiger partial charge in [0.05, 0.1) is 11.7 Å². The molecule has 7 heteroatoms. The molecule has 0 bridgehead atoms. The highest BCUT2D eigenvalue weighted by atomic mass is 32.1. The fraction of sp³-hybridized carbons (Fsp3) is 0.536. The summed E-state index contributed by atoms with van der Waals surface area (Å²) in [7, 11) is 0. The quantitative estimate of drug-likeness (QED) is 0.383. The van der Waals surface area contributed by atoms with Crippen molar-refractivity contribution in [1.29, 1.82) is 0 Å². The first-order valence-corrected chi connectivity index (χ1v) is 13.5. The van der Waals surface area contributed by atoms with Gasteiger partial charge in [0.15, 0.2) is 0 Å². The average molecular weight is 493 g/mol. The Hall–Kier alpha value is -2.35. The van der Waals surface area contributed by atoms with E-state index in [0.717, 1.165) is 87.8 Å². The van der Waals surface area contributed by atoms with E-state index in [1.807, 2.05) is 6.20 Å². The van der Waals surface area contributed by atoms with Crippen molar-refractivity contribution in [1.82, 2.24) is 25.0 Å². The van der Waals surface area contributed by atoms with Gasteiger partial charge in [-0.05, 0) is 80.5 Å². The van der Waals surface area contributed by atoms with Crippen LogP contribution in [-0.4, -0.2) is 75.7 Å². The first-order chi connectivity index (χ1) is 17.0. The maximum Gasteiger partial charge on any atom is 0.129 e. The van der Waals surface area contributed by atoms with Crippen molar-refractivity contribution in [2.24, 2.45) is 0 Å². The van der Waals surface area contributed by atoms with Crippen molar-refractivity contribution in [2.75, 3.05) is 50.7 Å². The minimum absolute atomic E-state index is 0.878. The minimum atomic E-state index is 0.878. The third kappa shape index (κ3) is 6.66. The van der Waals surface area contributed by atoms with Crippen LogP contribution in [0.5, 0.6) is 0 Å². The molecule has 0 radical (unpaired) electrons. The summed E-state index contributed by atoms with van der Waals surface area (Å²) in [6.07, 6.45) is 4.99. The Labute approximate surface area is 215 Å². The van der Waals surface area contributed by atoms with Crippen LogP contribution in [0.4, 0.5) is 5.82 Å². The normalized spacial score (nSPS) is 14.8. The molecular weight excluding hydrogens is 452 g/mol. The van der Waals surface area contributed by atoms with Gasteiger partial charge in [0.1, 0.15) is 5.82 Å². The van der Waals surface area contributed by atoms with E-state index >= 15 is 0 Å². The Morgan fingerprint density at radius 1 is 1.09 bits per heavy atom. The zero-order valence-electron chi connectivity index (χ0n) is 21.8. The lowest BCUT2D eigenvalue weighted by Crippen LogP contribution is -2.46. The molecule has 1 aromatic carbocycles. The molecular formula is C28H40N6S. The second-order valence-corrected chi connectivity index (χ2v) is 10.4. The maximum absolute atomic E-state index is 5.72. The largest absolute Gasteiger partial charge is 0.354 e. The first-order valence-electron chi connectivity index (χ1n) is 13.1. The number of pyridine rings is 1. The summed E-state index contributed by atoms with van der Waals surface area (Å²) in [6.45, 7) is 17.1. The van der Waals surface area contributed by atoms with Crippen LogP contribution in [0.3, 0.4) is 0 Å². The highest BCUT2D eigenvalue weighted by molar-refractivity contribution is 7.80. The Bertz CT molecular complexity index is 1130. The van der Waals surface area contributed by atoms with Gasteiger partial charge in [-0.15, -0.1) is 0 Å². The highest BCUT2D eigenvalue weighted by Crippen LogP contribution is 2.25. The van der Waals surface area contributed by atoms with Crippen LogP contribution >= 0.6 is 12.2 Å². The van der Waals surface area contributed by atoms with E-state index in [2.05, 4.69) is 76.9 Å². The number of thiocarbonyl (C=S) groups is 1. The van der Waals surface area contributed by atoms with Crippen molar-refractivity contribution in [3.63, 3.8) is 0 Å². The molecule has 0 unspecified atom stereocenters. The van der Waals surface area contributed by atoms with E-state index in [1.165, 1.54) is 27.8 Å². The van der Waals surface area contributed by atoms with Gasteiger partial charge in [-0.1, -0.05) is 32.1 Å². The van der Waals surface area contributed by atoms with Crippen molar-refractivity contribution in [2.45, 2.75) is 53.5 Å². The molecule has 0 atom stereocenters. The first kappa shape index (κ1) is 25.7. The number of aromatic amines is 1. The zero-order valence-corrected chi connectivity index (χ0v) is 22.6. The van der Waals surface area contributed by atoms with Gasteiger partial charge in [-0.3, -0.25) is 10.00 Å². The van der Waals surface area contributed by atoms with Gasteiger partial charge in [-0.2, -0.15) is 5.10 Å². The minimum Gasteiger partial charge on any atom is -0.354 e. The highest BCUT2D eigenvalue weighted by Gasteiger charge is 2.20. The molecule has 1 N–H and O–H groups in total. The molecule has 2 aromatic heterocycles. The van der Waals surface area contributed by atoms with Crippen LogP contribution in [0.25, 0.3) is 10.9 Å². The lowest BCUT2D eigenvalue weighted by Gasteiger charge is -2.35. The Morgan fingerprint density at radius 2 is 1.86 bits per heavy atom. The van der Waals surface area contributed by atoms with E-state index in [9.17, 15) is 0 Å². The van der Waals surface area contributed by atoms with E-state index in [0.29, 0.717) is 0 Å². The van der Waals surface area contributed by atoms with Crippen LogP contribution in [-0.2, 0) is 13.0 Å². The maximum atomic E-state index is 5.72. The van der Waals surface area contributed by atoms with Gasteiger partial charge in [0.2, 0.25) is 0 Å². The van der Waals surface area contributed by atoms with Gasteiger partial charge >= 0.3 is 0 Å². The van der Waals surface area contributed by atoms with Crippen LogP contribution in [0.15, 0.2) is 30.5 Å². The van der Waals surface area contributed by atoms with Crippen molar-refractivity contribution in [3.05, 3.63) is 52.8 Å². The summed E-state index contributed by atoms with van der Waals surface area (Å²) in [5, 5.41) is 8.44. The molecule has 0 spiro atoms. The summed E-state index contributed by atoms with van der Waals surface area (Å²) in [4.78, 5) is 13.6. The SMILES string of the molecule is CCN(CC)CCCC(=S)Cc1ccc2nc(N3CCN(Cc4cn[nH]c4C)CC3)cc(C)c2c1. The molecule has 6 nitrogen and oxygen atoms in total. The molecule has 1 aliphatic heterocycles. The monoisotopic (exact) mass is 492 g/mol. The second-order valence-electron chi connectivity index (χ2n) is 9.78. The summed E-state index contributed by atoms with van der Waals surface area (Å²) >= 11 is 5.72. The molecule has 0 amide bonds. The molecule has 0 saturated carbocycles. The molecule has 35 heavy (non-hydrogen) atoms. The lowest BCUT2D eigenvalue weighted by molar-refractivity contribution is 0.249. The topological polar surface area (TPSA) is 51.3 Å². The molecule has 3 heterocycles. The molecule has 3 aromatic rings. The number of hydrogen-bond acceptors (Lipinski definition) is 6. The lowest BCUT2D eigenvalue weighted by atomic mass is 10.0. The zero-order chi connectivity index (χ0) is 24.8. The average Bonchev–Trinajstić information content (AvgIpc) is 3.26. The van der Waals surface area contributed by atoms with Gasteiger partial charge < -0.3 is 9.80 Å². The van der Waals surface area contributed by atoms with Gasteiger partial charge in [0, 0.05) is 55.8 Å². The Morgan fingerprint density at radius 3 is 2.54 bits per heavy atom. The number of anilines is 1. The molecule has 4 rings (SSSR count). The number of piperazine rings is 1. The predicted octanol–water partition coefficient (Wildman–Crippen LogP) is 4.93. The Kier molecular flexibility index (Phi) is 8.87. The van der Waals surface area contributed by atoms with E-state index in [-0.39, 0.29) is 0 Å². The number of aromatic nitrogens is 3. The molecule has 0 aliphatic carbocycles. The van der Waals surface area contributed by atoms with Crippen molar-refractivity contribution in [3.8, 4) is 0 Å². The summed E-state index contributed by atoms with van der Waals surface area (Å²) in [5.41, 5.74) is 6.12. The number of aryl methyl sites for hydroxylation is 2. The number of rotatable bonds is 11. The number of nitrogens with zero attached hydrogens (tertiary/aromatic N) is 5. The van der Waals surface area contributed by atoms with E-state index in [4.69, 9.17) is 17.2 Å². The van der Waals surface area contributed by atoms with Crippen LogP contribution in [0, 0.1) is 13.8 Å². The smallest absolute Gasteiger partial charge is 0.129 e. The van der Waals surface area contributed by atoms with Gasteiger partial charge in [0.25, 0.3) is 0 Å². The predicted molar refractivity (Wildman–Crippen MR) is 151 cm³/mol. The summed E-state index contributed by atoms with van der Waals surface area (Å²) in [5.74, 6) is 1.09. The summed E-state index contributed by atoms with van der Waals surface area (Å²) < 4.78 is 0. The van der Waals surface area contributed by atoms with Crippen LogP contribution in [0.1, 0.15) is 49.1 Å². The van der Waals surface area contributed by atoms with Crippen LogP contribution in [0.2, 0.25) is 0 Å². The van der Waals surface area contributed by atoms with Crippen molar-refractivity contribution >= 4 is 33.8 Å². The number of hydrogen-bond donors (Lipinski definition) is 1. The third-order valence-corrected chi connectivity index (χ3v) is 7.67. The molecule has 1 aliphatic rings. The molecule has 188 valence electrons. The van der Waals surface area contributed by atoms with Crippen molar-refractivity contribution < 1.29 is 0 Å². The number of nitrogens with one attached hydrogen (secondary N) is 1. The fourth-order valence-electron chi connectivity index (χ4n) is 4.96. The molecule has 1 saturated heterocycles.